The van der Waals surface area contributed by atoms with Gasteiger partial charge in [-0.25, -0.2) is 9.78 Å². The predicted octanol–water partition coefficient (Wildman–Crippen LogP) is 1.44. The summed E-state index contributed by atoms with van der Waals surface area (Å²) in [5.74, 6) is -1.44. The first-order valence-corrected chi connectivity index (χ1v) is 7.68. The number of aromatic nitrogens is 2. The minimum absolute atomic E-state index is 0.0821. The minimum atomic E-state index is -1.11. The van der Waals surface area contributed by atoms with Gasteiger partial charge >= 0.3 is 5.97 Å². The van der Waals surface area contributed by atoms with E-state index < -0.39 is 12.1 Å². The fourth-order valence-corrected chi connectivity index (χ4v) is 3.62. The number of fused-ring (bicyclic) bond motifs is 3. The average molecular weight is 325 g/mol. The maximum atomic E-state index is 12.0. The van der Waals surface area contributed by atoms with E-state index in [2.05, 4.69) is 10.3 Å². The second-order valence-corrected chi connectivity index (χ2v) is 6.14. The van der Waals surface area contributed by atoms with Crippen molar-refractivity contribution in [2.75, 3.05) is 13.7 Å². The highest BCUT2D eigenvalue weighted by Gasteiger charge is 2.19. The second-order valence-electron chi connectivity index (χ2n) is 4.24. The number of thiazole rings is 1. The summed E-state index contributed by atoms with van der Waals surface area (Å²) >= 11 is 2.81. The van der Waals surface area contributed by atoms with E-state index in [9.17, 15) is 9.59 Å². The summed E-state index contributed by atoms with van der Waals surface area (Å²) in [6.07, 6.45) is 0.845. The van der Waals surface area contributed by atoms with Crippen LogP contribution in [0.15, 0.2) is 17.6 Å². The molecule has 3 aromatic rings. The molecule has 3 rings (SSSR count). The Morgan fingerprint density at radius 3 is 3.10 bits per heavy atom. The molecule has 0 saturated carbocycles. The summed E-state index contributed by atoms with van der Waals surface area (Å²) in [6.45, 7) is -0.0821. The van der Waals surface area contributed by atoms with Crippen LogP contribution in [-0.2, 0) is 9.53 Å². The molecule has 0 bridgehead atoms. The number of aliphatic carboxylic acids is 1. The number of nitrogens with one attached hydrogen (secondary N) is 1. The number of methoxy groups -OCH3 is 1. The van der Waals surface area contributed by atoms with Crippen LogP contribution in [0.2, 0.25) is 0 Å². The normalized spacial score (nSPS) is 12.8. The van der Waals surface area contributed by atoms with Gasteiger partial charge in [0.2, 0.25) is 0 Å². The molecule has 0 aliphatic carbocycles. The third kappa shape index (κ3) is 2.50. The van der Waals surface area contributed by atoms with Gasteiger partial charge in [0.1, 0.15) is 4.83 Å². The number of imidazole rings is 1. The third-order valence-electron chi connectivity index (χ3n) is 2.97. The van der Waals surface area contributed by atoms with Crippen molar-refractivity contribution >= 4 is 49.9 Å². The summed E-state index contributed by atoms with van der Waals surface area (Å²) in [7, 11) is 1.29. The standard InChI is InChI=1S/C12H11N3O4S2/c1-19-7(11(17)18)5-13-9(16)8-4-6-10(21-8)14-12-15(6)2-3-20-12/h2-4,7H,5H2,1H3,(H,13,16)(H,17,18). The Balaban J connectivity index is 1.78. The monoisotopic (exact) mass is 325 g/mol. The summed E-state index contributed by atoms with van der Waals surface area (Å²) in [6, 6.07) is 1.75. The molecule has 21 heavy (non-hydrogen) atoms. The van der Waals surface area contributed by atoms with E-state index in [1.165, 1.54) is 29.8 Å². The molecule has 1 atom stereocenters. The van der Waals surface area contributed by atoms with Crippen molar-refractivity contribution in [1.29, 1.82) is 0 Å². The Labute approximate surface area is 126 Å². The first kappa shape index (κ1) is 14.0. The molecular formula is C12H11N3O4S2. The molecule has 0 aliphatic heterocycles. The molecule has 0 aliphatic rings. The lowest BCUT2D eigenvalue weighted by Crippen LogP contribution is -2.37. The summed E-state index contributed by atoms with van der Waals surface area (Å²) < 4.78 is 6.68. The van der Waals surface area contributed by atoms with Gasteiger partial charge in [-0.2, -0.15) is 0 Å². The summed E-state index contributed by atoms with van der Waals surface area (Å²) in [5.41, 5.74) is 0.878. The van der Waals surface area contributed by atoms with Gasteiger partial charge in [-0.3, -0.25) is 9.20 Å². The lowest BCUT2D eigenvalue weighted by molar-refractivity contribution is -0.147. The zero-order valence-corrected chi connectivity index (χ0v) is 12.5. The van der Waals surface area contributed by atoms with Crippen LogP contribution in [0.25, 0.3) is 15.3 Å². The number of ether oxygens (including phenoxy) is 1. The van der Waals surface area contributed by atoms with Crippen molar-refractivity contribution in [2.45, 2.75) is 6.10 Å². The maximum absolute atomic E-state index is 12.0. The van der Waals surface area contributed by atoms with Crippen LogP contribution in [0.5, 0.6) is 0 Å². The zero-order chi connectivity index (χ0) is 15.0. The SMILES string of the molecule is COC(CNC(=O)c1cc2c(nc3sccn32)s1)C(=O)O. The molecule has 2 N–H and O–H groups in total. The lowest BCUT2D eigenvalue weighted by Gasteiger charge is -2.10. The van der Waals surface area contributed by atoms with Crippen molar-refractivity contribution in [1.82, 2.24) is 14.7 Å². The van der Waals surface area contributed by atoms with Crippen LogP contribution in [0.3, 0.4) is 0 Å². The number of carboxylic acids is 1. The fraction of sp³-hybridized carbons (Fsp3) is 0.250. The Bertz CT molecular complexity index is 819. The molecule has 1 unspecified atom stereocenters. The lowest BCUT2D eigenvalue weighted by atomic mass is 10.3. The highest BCUT2D eigenvalue weighted by Crippen LogP contribution is 2.28. The van der Waals surface area contributed by atoms with Gasteiger partial charge in [0.05, 0.1) is 16.9 Å². The van der Waals surface area contributed by atoms with Gasteiger partial charge in [0.25, 0.3) is 5.91 Å². The second kappa shape index (κ2) is 5.43. The van der Waals surface area contributed by atoms with Crippen LogP contribution in [0.4, 0.5) is 0 Å². The van der Waals surface area contributed by atoms with Crippen molar-refractivity contribution in [3.05, 3.63) is 22.5 Å². The van der Waals surface area contributed by atoms with Crippen LogP contribution in [0.1, 0.15) is 9.67 Å². The van der Waals surface area contributed by atoms with Crippen molar-refractivity contribution in [3.63, 3.8) is 0 Å². The molecule has 7 nitrogen and oxygen atoms in total. The molecule has 1 amide bonds. The summed E-state index contributed by atoms with van der Waals surface area (Å²) in [5, 5.41) is 13.3. The van der Waals surface area contributed by atoms with Gasteiger partial charge in [-0.15, -0.1) is 22.7 Å². The van der Waals surface area contributed by atoms with Gasteiger partial charge in [-0.1, -0.05) is 0 Å². The topological polar surface area (TPSA) is 92.9 Å². The van der Waals surface area contributed by atoms with Crippen LogP contribution in [-0.4, -0.2) is 46.1 Å². The van der Waals surface area contributed by atoms with E-state index in [1.54, 1.807) is 6.07 Å². The molecule has 0 radical (unpaired) electrons. The Kier molecular flexibility index (Phi) is 3.62. The highest BCUT2D eigenvalue weighted by atomic mass is 32.1. The highest BCUT2D eigenvalue weighted by molar-refractivity contribution is 7.21. The average Bonchev–Trinajstić information content (AvgIpc) is 3.09. The molecule has 0 aromatic carbocycles. The maximum Gasteiger partial charge on any atom is 0.334 e. The number of hydrogen-bond acceptors (Lipinski definition) is 6. The smallest absolute Gasteiger partial charge is 0.334 e. The Hall–Kier alpha value is -1.97. The number of amides is 1. The van der Waals surface area contributed by atoms with Crippen LogP contribution in [0, 0.1) is 0 Å². The zero-order valence-electron chi connectivity index (χ0n) is 10.9. The van der Waals surface area contributed by atoms with E-state index in [1.807, 2.05) is 16.0 Å². The molecule has 0 spiro atoms. The molecular weight excluding hydrogens is 314 g/mol. The molecule has 0 saturated heterocycles. The molecule has 9 heteroatoms. The number of carbonyl (C=O) groups excluding carboxylic acids is 1. The number of thiophene rings is 1. The van der Waals surface area contributed by atoms with E-state index in [-0.39, 0.29) is 12.5 Å². The number of carboxylic acid groups (broad SMARTS) is 1. The predicted molar refractivity (Wildman–Crippen MR) is 79.2 cm³/mol. The van der Waals surface area contributed by atoms with Gasteiger partial charge in [0, 0.05) is 18.7 Å². The largest absolute Gasteiger partial charge is 0.479 e. The first-order valence-electron chi connectivity index (χ1n) is 5.99. The molecule has 110 valence electrons. The molecule has 3 aromatic heterocycles. The summed E-state index contributed by atoms with van der Waals surface area (Å²) in [4.78, 5) is 29.4. The van der Waals surface area contributed by atoms with Crippen LogP contribution >= 0.6 is 22.7 Å². The number of rotatable bonds is 5. The van der Waals surface area contributed by atoms with E-state index in [0.717, 1.165) is 15.3 Å². The quantitative estimate of drug-likeness (QED) is 0.740. The van der Waals surface area contributed by atoms with Crippen molar-refractivity contribution in [3.8, 4) is 0 Å². The van der Waals surface area contributed by atoms with Gasteiger partial charge in [0.15, 0.2) is 11.1 Å². The van der Waals surface area contributed by atoms with Crippen LogP contribution < -0.4 is 5.32 Å². The minimum Gasteiger partial charge on any atom is -0.479 e. The van der Waals surface area contributed by atoms with E-state index in [0.29, 0.717) is 4.88 Å². The number of hydrogen-bond donors (Lipinski definition) is 2. The third-order valence-corrected chi connectivity index (χ3v) is 4.75. The Morgan fingerprint density at radius 2 is 2.38 bits per heavy atom. The van der Waals surface area contributed by atoms with Gasteiger partial charge < -0.3 is 15.2 Å². The fourth-order valence-electron chi connectivity index (χ4n) is 1.90. The van der Waals surface area contributed by atoms with Crippen molar-refractivity contribution < 1.29 is 19.4 Å². The Morgan fingerprint density at radius 1 is 1.57 bits per heavy atom. The number of carbonyl (C=O) groups is 2. The van der Waals surface area contributed by atoms with E-state index >= 15 is 0 Å². The van der Waals surface area contributed by atoms with E-state index in [4.69, 9.17) is 9.84 Å². The number of nitrogens with zero attached hydrogens (tertiary/aromatic N) is 2. The van der Waals surface area contributed by atoms with Gasteiger partial charge in [-0.05, 0) is 6.07 Å². The van der Waals surface area contributed by atoms with Crippen molar-refractivity contribution in [2.24, 2.45) is 0 Å². The molecule has 3 heterocycles. The first-order chi connectivity index (χ1) is 10.1. The molecule has 0 fully saturated rings.